The second-order valence-electron chi connectivity index (χ2n) is 3.69. The van der Waals surface area contributed by atoms with Gasteiger partial charge >= 0.3 is 0 Å². The van der Waals surface area contributed by atoms with Crippen LogP contribution in [0, 0.1) is 17.6 Å². The Hall–Kier alpha value is -0.910. The molecule has 2 rings (SSSR count). The SMILES string of the molecule is CC1CN(c2nc(F)c(F)cc2F)CCS1. The highest BCUT2D eigenvalue weighted by Gasteiger charge is 2.22. The third-order valence-corrected chi connectivity index (χ3v) is 3.55. The van der Waals surface area contributed by atoms with Crippen molar-refractivity contribution in [3.8, 4) is 0 Å². The quantitative estimate of drug-likeness (QED) is 0.710. The summed E-state index contributed by atoms with van der Waals surface area (Å²) in [4.78, 5) is 4.98. The molecule has 1 aromatic heterocycles. The van der Waals surface area contributed by atoms with Gasteiger partial charge in [-0.05, 0) is 0 Å². The van der Waals surface area contributed by atoms with Crippen molar-refractivity contribution in [3.05, 3.63) is 23.6 Å². The van der Waals surface area contributed by atoms with E-state index in [1.54, 1.807) is 16.7 Å². The third-order valence-electron chi connectivity index (χ3n) is 2.41. The Morgan fingerprint density at radius 2 is 2.12 bits per heavy atom. The first-order valence-corrected chi connectivity index (χ1v) is 6.01. The van der Waals surface area contributed by atoms with Crippen LogP contribution in [-0.2, 0) is 0 Å². The highest BCUT2D eigenvalue weighted by atomic mass is 32.2. The van der Waals surface area contributed by atoms with Crippen molar-refractivity contribution in [1.29, 1.82) is 0 Å². The predicted octanol–water partition coefficient (Wildman–Crippen LogP) is 2.44. The number of thioether (sulfide) groups is 1. The second kappa shape index (κ2) is 4.53. The molecule has 0 N–H and O–H groups in total. The van der Waals surface area contributed by atoms with Gasteiger partial charge in [0, 0.05) is 30.2 Å². The maximum absolute atomic E-state index is 13.4. The van der Waals surface area contributed by atoms with E-state index in [0.717, 1.165) is 5.75 Å². The number of anilines is 1. The lowest BCUT2D eigenvalue weighted by Gasteiger charge is -2.31. The van der Waals surface area contributed by atoms with E-state index in [2.05, 4.69) is 4.98 Å². The predicted molar refractivity (Wildman–Crippen MR) is 58.2 cm³/mol. The number of hydrogen-bond acceptors (Lipinski definition) is 3. The summed E-state index contributed by atoms with van der Waals surface area (Å²) in [7, 11) is 0. The molecule has 0 amide bonds. The topological polar surface area (TPSA) is 16.1 Å². The van der Waals surface area contributed by atoms with E-state index in [1.165, 1.54) is 0 Å². The first-order chi connectivity index (χ1) is 7.58. The summed E-state index contributed by atoms with van der Waals surface area (Å²) in [5, 5.41) is 0.336. The molecule has 1 aromatic rings. The minimum Gasteiger partial charge on any atom is -0.352 e. The van der Waals surface area contributed by atoms with Crippen molar-refractivity contribution in [1.82, 2.24) is 4.98 Å². The molecule has 0 radical (unpaired) electrons. The van der Waals surface area contributed by atoms with Crippen molar-refractivity contribution < 1.29 is 13.2 Å². The van der Waals surface area contributed by atoms with E-state index in [4.69, 9.17) is 0 Å². The van der Waals surface area contributed by atoms with Gasteiger partial charge in [0.1, 0.15) is 0 Å². The number of hydrogen-bond donors (Lipinski definition) is 0. The summed E-state index contributed by atoms with van der Waals surface area (Å²) >= 11 is 1.77. The van der Waals surface area contributed by atoms with E-state index in [9.17, 15) is 13.2 Å². The summed E-state index contributed by atoms with van der Waals surface area (Å²) in [6.07, 6.45) is 0. The van der Waals surface area contributed by atoms with Gasteiger partial charge in [0.2, 0.25) is 0 Å². The average molecular weight is 248 g/mol. The molecule has 16 heavy (non-hydrogen) atoms. The summed E-state index contributed by atoms with van der Waals surface area (Å²) in [6.45, 7) is 3.21. The Morgan fingerprint density at radius 1 is 1.38 bits per heavy atom. The number of pyridine rings is 1. The fraction of sp³-hybridized carbons (Fsp3) is 0.500. The van der Waals surface area contributed by atoms with Crippen molar-refractivity contribution in [2.75, 3.05) is 23.7 Å². The van der Waals surface area contributed by atoms with E-state index < -0.39 is 17.6 Å². The maximum atomic E-state index is 13.4. The van der Waals surface area contributed by atoms with E-state index in [0.29, 0.717) is 24.4 Å². The van der Waals surface area contributed by atoms with Crippen molar-refractivity contribution in [2.45, 2.75) is 12.2 Å². The molecule has 0 aromatic carbocycles. The monoisotopic (exact) mass is 248 g/mol. The summed E-state index contributed by atoms with van der Waals surface area (Å²) < 4.78 is 39.1. The molecule has 1 aliphatic heterocycles. The van der Waals surface area contributed by atoms with E-state index >= 15 is 0 Å². The molecule has 6 heteroatoms. The van der Waals surface area contributed by atoms with Crippen molar-refractivity contribution >= 4 is 17.6 Å². The minimum absolute atomic E-state index is 0.0916. The van der Waals surface area contributed by atoms with Crippen LogP contribution in [0.15, 0.2) is 6.07 Å². The van der Waals surface area contributed by atoms with Crippen molar-refractivity contribution in [3.63, 3.8) is 0 Å². The average Bonchev–Trinajstić information content (AvgIpc) is 2.23. The van der Waals surface area contributed by atoms with Gasteiger partial charge in [0.05, 0.1) is 0 Å². The van der Waals surface area contributed by atoms with Crippen LogP contribution in [0.5, 0.6) is 0 Å². The molecule has 1 aliphatic rings. The number of halogens is 3. The van der Waals surface area contributed by atoms with Crippen LogP contribution in [-0.4, -0.2) is 29.1 Å². The molecular formula is C10H11F3N2S. The molecule has 0 bridgehead atoms. The lowest BCUT2D eigenvalue weighted by molar-refractivity contribution is 0.462. The highest BCUT2D eigenvalue weighted by Crippen LogP contribution is 2.25. The molecular weight excluding hydrogens is 237 g/mol. The molecule has 1 atom stereocenters. The number of aromatic nitrogens is 1. The van der Waals surface area contributed by atoms with Gasteiger partial charge in [-0.25, -0.2) is 8.78 Å². The van der Waals surface area contributed by atoms with E-state index in [1.807, 2.05) is 6.92 Å². The Kier molecular flexibility index (Phi) is 3.28. The van der Waals surface area contributed by atoms with Crippen molar-refractivity contribution in [2.24, 2.45) is 0 Å². The zero-order valence-corrected chi connectivity index (χ0v) is 9.53. The fourth-order valence-electron chi connectivity index (χ4n) is 1.67. The van der Waals surface area contributed by atoms with Gasteiger partial charge in [-0.1, -0.05) is 6.92 Å². The third kappa shape index (κ3) is 2.26. The summed E-state index contributed by atoms with van der Waals surface area (Å²) in [5.41, 5.74) is 0. The summed E-state index contributed by atoms with van der Waals surface area (Å²) in [5.74, 6) is -2.56. The lowest BCUT2D eigenvalue weighted by Crippen LogP contribution is -2.37. The zero-order chi connectivity index (χ0) is 11.7. The normalized spacial score (nSPS) is 21.2. The van der Waals surface area contributed by atoms with Crippen LogP contribution in [0.4, 0.5) is 19.0 Å². The van der Waals surface area contributed by atoms with Gasteiger partial charge in [0.25, 0.3) is 5.95 Å². The van der Waals surface area contributed by atoms with Gasteiger partial charge in [-0.2, -0.15) is 21.1 Å². The molecule has 2 nitrogen and oxygen atoms in total. The Morgan fingerprint density at radius 3 is 2.81 bits per heavy atom. The van der Waals surface area contributed by atoms with Gasteiger partial charge in [0.15, 0.2) is 17.5 Å². The Bertz CT molecular complexity index is 400. The highest BCUT2D eigenvalue weighted by molar-refractivity contribution is 8.00. The first-order valence-electron chi connectivity index (χ1n) is 4.96. The molecule has 0 aliphatic carbocycles. The maximum Gasteiger partial charge on any atom is 0.251 e. The van der Waals surface area contributed by atoms with E-state index in [-0.39, 0.29) is 5.82 Å². The molecule has 1 fully saturated rings. The zero-order valence-electron chi connectivity index (χ0n) is 8.71. The largest absolute Gasteiger partial charge is 0.352 e. The van der Waals surface area contributed by atoms with Crippen LogP contribution in [0.1, 0.15) is 6.92 Å². The van der Waals surface area contributed by atoms with Gasteiger partial charge in [-0.15, -0.1) is 0 Å². The van der Waals surface area contributed by atoms with Crippen LogP contribution < -0.4 is 4.90 Å². The number of nitrogens with zero attached hydrogens (tertiary/aromatic N) is 2. The van der Waals surface area contributed by atoms with Gasteiger partial charge in [-0.3, -0.25) is 0 Å². The minimum atomic E-state index is -1.25. The second-order valence-corrected chi connectivity index (χ2v) is 5.24. The van der Waals surface area contributed by atoms with Crippen LogP contribution >= 0.6 is 11.8 Å². The smallest absolute Gasteiger partial charge is 0.251 e. The van der Waals surface area contributed by atoms with Crippen LogP contribution in [0.3, 0.4) is 0 Å². The molecule has 1 saturated heterocycles. The Balaban J connectivity index is 2.29. The lowest BCUT2D eigenvalue weighted by atomic mass is 10.3. The molecule has 0 saturated carbocycles. The molecule has 0 spiro atoms. The van der Waals surface area contributed by atoms with Gasteiger partial charge < -0.3 is 4.90 Å². The molecule has 2 heterocycles. The standard InChI is InChI=1S/C10H11F3N2S/c1-6-5-15(2-3-16-6)10-8(12)4-7(11)9(13)14-10/h4,6H,2-3,5H2,1H3. The number of rotatable bonds is 1. The molecule has 88 valence electrons. The Labute approximate surface area is 95.8 Å². The van der Waals surface area contributed by atoms with Crippen LogP contribution in [0.25, 0.3) is 0 Å². The molecule has 1 unspecified atom stereocenters. The first kappa shape index (κ1) is 11.6. The van der Waals surface area contributed by atoms with Crippen LogP contribution in [0.2, 0.25) is 0 Å². The summed E-state index contributed by atoms with van der Waals surface area (Å²) in [6, 6.07) is 0.546. The fourth-order valence-corrected chi connectivity index (χ4v) is 2.68.